The number of carboxylic acids is 1. The van der Waals surface area contributed by atoms with Crippen molar-refractivity contribution < 1.29 is 14.7 Å². The summed E-state index contributed by atoms with van der Waals surface area (Å²) in [5, 5.41) is 12.5. The number of rotatable bonds is 6. The van der Waals surface area contributed by atoms with Crippen molar-refractivity contribution in [3.05, 3.63) is 108 Å². The summed E-state index contributed by atoms with van der Waals surface area (Å²) in [6, 6.07) is 26.3. The van der Waals surface area contributed by atoms with Crippen LogP contribution in [0.15, 0.2) is 91.0 Å². The number of hydrogen-bond acceptors (Lipinski definition) is 2. The first kappa shape index (κ1) is 17.4. The average Bonchev–Trinajstić information content (AvgIpc) is 2.69. The lowest BCUT2D eigenvalue weighted by Gasteiger charge is -2.26. The summed E-state index contributed by atoms with van der Waals surface area (Å²) in [6.07, 6.45) is 0. The quantitative estimate of drug-likeness (QED) is 0.716. The van der Waals surface area contributed by atoms with Gasteiger partial charge in [-0.05, 0) is 23.3 Å². The Bertz CT molecular complexity index is 824. The molecule has 0 bridgehead atoms. The average molecular weight is 345 g/mol. The van der Waals surface area contributed by atoms with E-state index in [4.69, 9.17) is 0 Å². The first-order valence-electron chi connectivity index (χ1n) is 8.35. The Balaban J connectivity index is 1.99. The lowest BCUT2D eigenvalue weighted by molar-refractivity contribution is -0.139. The Kier molecular flexibility index (Phi) is 5.44. The minimum Gasteiger partial charge on any atom is -0.480 e. The third kappa shape index (κ3) is 3.98. The SMILES string of the molecule is O=C(N[C@@H](C(=O)O)C(c1ccccc1)c1ccccc1)c1ccccc1. The molecule has 4 nitrogen and oxygen atoms in total. The number of nitrogens with one attached hydrogen (secondary N) is 1. The van der Waals surface area contributed by atoms with E-state index in [0.717, 1.165) is 11.1 Å². The van der Waals surface area contributed by atoms with Gasteiger partial charge in [0.25, 0.3) is 5.91 Å². The van der Waals surface area contributed by atoms with Crippen LogP contribution < -0.4 is 5.32 Å². The number of amides is 1. The van der Waals surface area contributed by atoms with Crippen molar-refractivity contribution in [3.8, 4) is 0 Å². The Morgan fingerprint density at radius 2 is 1.12 bits per heavy atom. The molecule has 0 spiro atoms. The third-order valence-corrected chi connectivity index (χ3v) is 4.24. The summed E-state index contributed by atoms with van der Waals surface area (Å²) < 4.78 is 0. The number of benzene rings is 3. The minimum absolute atomic E-state index is 0.408. The summed E-state index contributed by atoms with van der Waals surface area (Å²) in [4.78, 5) is 24.6. The van der Waals surface area contributed by atoms with Crippen LogP contribution in [0, 0.1) is 0 Å². The molecule has 0 unspecified atom stereocenters. The molecule has 130 valence electrons. The Morgan fingerprint density at radius 1 is 0.692 bits per heavy atom. The lowest BCUT2D eigenvalue weighted by Crippen LogP contribution is -2.45. The highest BCUT2D eigenvalue weighted by atomic mass is 16.4. The van der Waals surface area contributed by atoms with Gasteiger partial charge in [-0.15, -0.1) is 0 Å². The molecule has 0 saturated heterocycles. The molecular weight excluding hydrogens is 326 g/mol. The smallest absolute Gasteiger partial charge is 0.327 e. The largest absolute Gasteiger partial charge is 0.480 e. The van der Waals surface area contributed by atoms with Gasteiger partial charge in [-0.25, -0.2) is 4.79 Å². The van der Waals surface area contributed by atoms with Crippen LogP contribution in [0.1, 0.15) is 27.4 Å². The Hall–Kier alpha value is -3.40. The van der Waals surface area contributed by atoms with Gasteiger partial charge in [-0.3, -0.25) is 4.79 Å². The van der Waals surface area contributed by atoms with Crippen LogP contribution in [0.5, 0.6) is 0 Å². The second-order valence-electron chi connectivity index (χ2n) is 5.95. The monoisotopic (exact) mass is 345 g/mol. The molecule has 4 heteroatoms. The number of carbonyl (C=O) groups is 2. The molecule has 0 aromatic heterocycles. The zero-order valence-electron chi connectivity index (χ0n) is 14.1. The molecular formula is C22H19NO3. The molecule has 0 radical (unpaired) electrons. The maximum Gasteiger partial charge on any atom is 0.327 e. The third-order valence-electron chi connectivity index (χ3n) is 4.24. The molecule has 1 atom stereocenters. The molecule has 0 aliphatic heterocycles. The Labute approximate surface area is 152 Å². The van der Waals surface area contributed by atoms with Gasteiger partial charge < -0.3 is 10.4 Å². The first-order valence-corrected chi connectivity index (χ1v) is 8.35. The van der Waals surface area contributed by atoms with Gasteiger partial charge in [-0.2, -0.15) is 0 Å². The fourth-order valence-electron chi connectivity index (χ4n) is 3.00. The van der Waals surface area contributed by atoms with Crippen molar-refractivity contribution in [1.82, 2.24) is 5.32 Å². The van der Waals surface area contributed by atoms with Gasteiger partial charge in [0.1, 0.15) is 6.04 Å². The molecule has 0 heterocycles. The van der Waals surface area contributed by atoms with Crippen molar-refractivity contribution in [2.75, 3.05) is 0 Å². The molecule has 0 saturated carbocycles. The predicted octanol–water partition coefficient (Wildman–Crippen LogP) is 3.70. The first-order chi connectivity index (χ1) is 12.7. The van der Waals surface area contributed by atoms with E-state index in [0.29, 0.717) is 5.56 Å². The molecule has 3 aromatic carbocycles. The van der Waals surface area contributed by atoms with E-state index >= 15 is 0 Å². The molecule has 3 aromatic rings. The number of carbonyl (C=O) groups excluding carboxylic acids is 1. The zero-order chi connectivity index (χ0) is 18.4. The molecule has 0 fully saturated rings. The van der Waals surface area contributed by atoms with E-state index in [9.17, 15) is 14.7 Å². The topological polar surface area (TPSA) is 66.4 Å². The highest BCUT2D eigenvalue weighted by Gasteiger charge is 2.32. The fraction of sp³-hybridized carbons (Fsp3) is 0.0909. The van der Waals surface area contributed by atoms with Crippen LogP contribution in [0.25, 0.3) is 0 Å². The standard InChI is InChI=1S/C22H19NO3/c24-21(18-14-8-3-9-15-18)23-20(22(25)26)19(16-10-4-1-5-11-16)17-12-6-2-7-13-17/h1-15,19-20H,(H,23,24)(H,25,26)/t20-/m1/s1. The molecule has 2 N–H and O–H groups in total. The minimum atomic E-state index is -1.09. The van der Waals surface area contributed by atoms with Crippen LogP contribution in [0.3, 0.4) is 0 Å². The van der Waals surface area contributed by atoms with Crippen LogP contribution in [0.4, 0.5) is 0 Å². The number of aliphatic carboxylic acids is 1. The van der Waals surface area contributed by atoms with Crippen molar-refractivity contribution in [1.29, 1.82) is 0 Å². The van der Waals surface area contributed by atoms with Gasteiger partial charge in [0.05, 0.1) is 0 Å². The summed E-state index contributed by atoms with van der Waals surface area (Å²) in [5.74, 6) is -1.98. The second kappa shape index (κ2) is 8.12. The van der Waals surface area contributed by atoms with Crippen LogP contribution in [-0.4, -0.2) is 23.0 Å². The maximum absolute atomic E-state index is 12.6. The van der Waals surface area contributed by atoms with E-state index in [1.807, 2.05) is 66.7 Å². The molecule has 26 heavy (non-hydrogen) atoms. The van der Waals surface area contributed by atoms with E-state index in [1.54, 1.807) is 24.3 Å². The van der Waals surface area contributed by atoms with Crippen molar-refractivity contribution in [3.63, 3.8) is 0 Å². The van der Waals surface area contributed by atoms with Crippen LogP contribution in [0.2, 0.25) is 0 Å². The fourth-order valence-corrected chi connectivity index (χ4v) is 3.00. The van der Waals surface area contributed by atoms with Gasteiger partial charge in [-0.1, -0.05) is 78.9 Å². The zero-order valence-corrected chi connectivity index (χ0v) is 14.1. The normalized spacial score (nSPS) is 11.7. The summed E-state index contributed by atoms with van der Waals surface area (Å²) in [6.45, 7) is 0. The summed E-state index contributed by atoms with van der Waals surface area (Å²) in [5.41, 5.74) is 2.09. The molecule has 0 aliphatic carbocycles. The molecule has 3 rings (SSSR count). The van der Waals surface area contributed by atoms with E-state index in [2.05, 4.69) is 5.32 Å². The lowest BCUT2D eigenvalue weighted by atomic mass is 9.85. The van der Waals surface area contributed by atoms with E-state index < -0.39 is 23.8 Å². The van der Waals surface area contributed by atoms with E-state index in [1.165, 1.54) is 0 Å². The number of hydrogen-bond donors (Lipinski definition) is 2. The summed E-state index contributed by atoms with van der Waals surface area (Å²) >= 11 is 0. The van der Waals surface area contributed by atoms with Crippen molar-refractivity contribution in [2.45, 2.75) is 12.0 Å². The summed E-state index contributed by atoms with van der Waals surface area (Å²) in [7, 11) is 0. The highest BCUT2D eigenvalue weighted by Crippen LogP contribution is 2.28. The van der Waals surface area contributed by atoms with E-state index in [-0.39, 0.29) is 0 Å². The van der Waals surface area contributed by atoms with Crippen molar-refractivity contribution in [2.24, 2.45) is 0 Å². The highest BCUT2D eigenvalue weighted by molar-refractivity contribution is 5.96. The predicted molar refractivity (Wildman–Crippen MR) is 100 cm³/mol. The van der Waals surface area contributed by atoms with Crippen LogP contribution >= 0.6 is 0 Å². The number of carboxylic acid groups (broad SMARTS) is 1. The van der Waals surface area contributed by atoms with Gasteiger partial charge in [0.15, 0.2) is 0 Å². The molecule has 0 aliphatic rings. The Morgan fingerprint density at radius 3 is 1.54 bits per heavy atom. The molecule has 1 amide bonds. The maximum atomic E-state index is 12.6. The van der Waals surface area contributed by atoms with Gasteiger partial charge >= 0.3 is 5.97 Å². The van der Waals surface area contributed by atoms with Gasteiger partial charge in [0, 0.05) is 11.5 Å². The second-order valence-corrected chi connectivity index (χ2v) is 5.95. The van der Waals surface area contributed by atoms with Crippen molar-refractivity contribution >= 4 is 11.9 Å². The van der Waals surface area contributed by atoms with Crippen LogP contribution in [-0.2, 0) is 4.79 Å². The van der Waals surface area contributed by atoms with Gasteiger partial charge in [0.2, 0.25) is 0 Å².